The summed E-state index contributed by atoms with van der Waals surface area (Å²) in [6, 6.07) is 35.9. The Labute approximate surface area is 449 Å². The smallest absolute Gasteiger partial charge is 0.303 e. The molecule has 20 nitrogen and oxygen atoms in total. The molecule has 408 valence electrons. The number of hydrogen-bond acceptors (Lipinski definition) is 18. The predicted molar refractivity (Wildman–Crippen MR) is 284 cm³/mol. The van der Waals surface area contributed by atoms with Crippen LogP contribution in [0.25, 0.3) is 11.2 Å². The minimum Gasteiger partial charge on any atom is -0.497 e. The lowest BCUT2D eigenvalue weighted by Gasteiger charge is -2.39. The van der Waals surface area contributed by atoms with Crippen LogP contribution in [0.15, 0.2) is 122 Å². The number of rotatable bonds is 28. The summed E-state index contributed by atoms with van der Waals surface area (Å²) in [5.41, 5.74) is 2.06. The van der Waals surface area contributed by atoms with Crippen molar-refractivity contribution in [1.29, 1.82) is 5.26 Å². The first kappa shape index (κ1) is 57.8. The number of hydrogen-bond donors (Lipinski definition) is 1. The van der Waals surface area contributed by atoms with Crippen LogP contribution in [0.3, 0.4) is 0 Å². The number of benzene rings is 4. The summed E-state index contributed by atoms with van der Waals surface area (Å²) in [5.74, 6) is 0.0000155. The van der Waals surface area contributed by atoms with Gasteiger partial charge in [0.25, 0.3) is 14.4 Å². The lowest BCUT2D eigenvalue weighted by atomic mass is 9.80. The van der Waals surface area contributed by atoms with E-state index in [1.165, 1.54) is 26.5 Å². The molecule has 1 aliphatic rings. The number of anilines is 1. The number of imidazole rings is 1. The molecule has 3 heterocycles. The van der Waals surface area contributed by atoms with E-state index in [1.54, 1.807) is 43.1 Å². The molecule has 0 aliphatic carbocycles. The van der Waals surface area contributed by atoms with Crippen LogP contribution in [0.1, 0.15) is 87.7 Å². The maximum Gasteiger partial charge on any atom is 0.303 e. The molecule has 0 radical (unpaired) electrons. The number of ether oxygens (including phenoxy) is 8. The number of nitrogens with one attached hydrogen (secondary N) is 1. The third-order valence-electron chi connectivity index (χ3n) is 12.4. The molecule has 7 rings (SSSR count). The fourth-order valence-electron chi connectivity index (χ4n) is 8.97. The SMILES string of the molecule is COc1ccc(C(OC[C@H]2O[C@@H](n3cnc4c(NC(=O)c5ccccc5)ncnc43)[C@@H](OCOCCC(COC(C)=O)OC(C)=O)C2OP(OCCC#N)N(C(C)C)C(C)C)(c2ccccc2)c2ccc(OC)cc2)cc1. The topological polar surface area (TPSA) is 226 Å². The van der Waals surface area contributed by atoms with Crippen LogP contribution in [-0.2, 0) is 52.7 Å². The van der Waals surface area contributed by atoms with Crippen LogP contribution >= 0.6 is 8.53 Å². The quantitative estimate of drug-likeness (QED) is 0.0159. The summed E-state index contributed by atoms with van der Waals surface area (Å²) in [7, 11) is 1.27. The van der Waals surface area contributed by atoms with Gasteiger partial charge in [0.05, 0.1) is 52.9 Å². The minimum absolute atomic E-state index is 0.0307. The first-order valence-electron chi connectivity index (χ1n) is 25.2. The standard InChI is InChI=1S/C56H66N7O13P/c1-37(2)63(38(3)4)77(73-30-15-29-57)76-50-48(33-72-56(42-18-13-10-14-19-42,43-20-24-45(67-7)25-21-43)44-22-26-46(68-8)27-23-44)75-55(51(50)71-36-69-31-28-47(74-40(6)65)32-70-39(5)64)62-35-60-49-52(58-34-59-53(49)62)61-54(66)41-16-11-9-12-17-41/h9-14,16-27,34-35,37-38,47-48,50-51,55H,15,28,30-33,36H2,1-8H3,(H,58,59,61,66)/t47?,48-,50?,51+,55-,77?/m1/s1. The third-order valence-corrected chi connectivity index (χ3v) is 14.6. The molecule has 1 saturated heterocycles. The maximum absolute atomic E-state index is 13.5. The molecule has 4 aromatic carbocycles. The number of methoxy groups -OCH3 is 2. The second-order valence-electron chi connectivity index (χ2n) is 18.3. The number of fused-ring (bicyclic) bond motifs is 1. The molecule has 0 saturated carbocycles. The minimum atomic E-state index is -1.95. The van der Waals surface area contributed by atoms with Crippen molar-refractivity contribution in [3.63, 3.8) is 0 Å². The Morgan fingerprint density at radius 3 is 2.01 bits per heavy atom. The van der Waals surface area contributed by atoms with Gasteiger partial charge >= 0.3 is 11.9 Å². The van der Waals surface area contributed by atoms with Gasteiger partial charge in [0.1, 0.15) is 61.2 Å². The molecule has 6 atom stereocenters. The van der Waals surface area contributed by atoms with Crippen LogP contribution < -0.4 is 14.8 Å². The van der Waals surface area contributed by atoms with E-state index in [2.05, 4.69) is 26.0 Å². The van der Waals surface area contributed by atoms with E-state index in [0.717, 1.165) is 16.7 Å². The highest BCUT2D eigenvalue weighted by atomic mass is 31.2. The molecular weight excluding hydrogens is 1010 g/mol. The summed E-state index contributed by atoms with van der Waals surface area (Å²) in [5, 5.41) is 12.5. The van der Waals surface area contributed by atoms with Gasteiger partial charge in [-0.3, -0.25) is 19.0 Å². The molecule has 0 bridgehead atoms. The third kappa shape index (κ3) is 14.6. The lowest BCUT2D eigenvalue weighted by Crippen LogP contribution is -2.43. The Hall–Kier alpha value is -6.92. The van der Waals surface area contributed by atoms with Crippen molar-refractivity contribution in [2.24, 2.45) is 0 Å². The molecule has 1 aliphatic heterocycles. The molecule has 1 amide bonds. The largest absolute Gasteiger partial charge is 0.497 e. The van der Waals surface area contributed by atoms with Crippen LogP contribution in [0.5, 0.6) is 11.5 Å². The van der Waals surface area contributed by atoms with Gasteiger partial charge in [-0.2, -0.15) is 5.26 Å². The van der Waals surface area contributed by atoms with E-state index < -0.39 is 62.6 Å². The molecule has 6 aromatic rings. The zero-order valence-corrected chi connectivity index (χ0v) is 45.4. The molecule has 1 N–H and O–H groups in total. The second kappa shape index (κ2) is 27.9. The second-order valence-corrected chi connectivity index (χ2v) is 19.8. The van der Waals surface area contributed by atoms with Gasteiger partial charge in [-0.15, -0.1) is 0 Å². The summed E-state index contributed by atoms with van der Waals surface area (Å²) in [4.78, 5) is 50.9. The first-order valence-corrected chi connectivity index (χ1v) is 26.3. The van der Waals surface area contributed by atoms with Crippen LogP contribution in [-0.4, -0.2) is 126 Å². The summed E-state index contributed by atoms with van der Waals surface area (Å²) >= 11 is 0. The summed E-state index contributed by atoms with van der Waals surface area (Å²) < 4.78 is 67.0. The van der Waals surface area contributed by atoms with Crippen LogP contribution in [0.4, 0.5) is 5.82 Å². The van der Waals surface area contributed by atoms with Gasteiger partial charge < -0.3 is 52.3 Å². The van der Waals surface area contributed by atoms with Gasteiger partial charge in [-0.05, 0) is 80.8 Å². The highest BCUT2D eigenvalue weighted by Crippen LogP contribution is 2.52. The molecule has 2 aromatic heterocycles. The fraction of sp³-hybridized carbons (Fsp3) is 0.411. The Balaban J connectivity index is 1.34. The van der Waals surface area contributed by atoms with Crippen molar-refractivity contribution in [3.05, 3.63) is 144 Å². The van der Waals surface area contributed by atoms with Gasteiger partial charge in [-0.1, -0.05) is 72.8 Å². The molecule has 1 fully saturated rings. The highest BCUT2D eigenvalue weighted by Gasteiger charge is 2.52. The van der Waals surface area contributed by atoms with Gasteiger partial charge in [0, 0.05) is 37.9 Å². The van der Waals surface area contributed by atoms with Gasteiger partial charge in [0.2, 0.25) is 0 Å². The normalized spacial score (nSPS) is 17.3. The molecule has 0 spiro atoms. The zero-order valence-electron chi connectivity index (χ0n) is 44.5. The van der Waals surface area contributed by atoms with Crippen molar-refractivity contribution < 1.29 is 61.3 Å². The van der Waals surface area contributed by atoms with Crippen molar-refractivity contribution in [2.45, 2.75) is 103 Å². The van der Waals surface area contributed by atoms with E-state index >= 15 is 0 Å². The maximum atomic E-state index is 13.5. The van der Waals surface area contributed by atoms with E-state index in [4.69, 9.17) is 51.9 Å². The van der Waals surface area contributed by atoms with Crippen molar-refractivity contribution in [3.8, 4) is 17.6 Å². The molecule has 21 heteroatoms. The Morgan fingerprint density at radius 2 is 1.43 bits per heavy atom. The number of carbonyl (C=O) groups is 3. The van der Waals surface area contributed by atoms with Crippen molar-refractivity contribution >= 4 is 43.4 Å². The Kier molecular flexibility index (Phi) is 21.0. The Bertz CT molecular complexity index is 2820. The molecule has 77 heavy (non-hydrogen) atoms. The number of amides is 1. The van der Waals surface area contributed by atoms with E-state index in [0.29, 0.717) is 22.7 Å². The summed E-state index contributed by atoms with van der Waals surface area (Å²) in [6.45, 7) is 10.2. The van der Waals surface area contributed by atoms with Crippen molar-refractivity contribution in [1.82, 2.24) is 24.2 Å². The average Bonchev–Trinajstić information content (AvgIpc) is 4.03. The Morgan fingerprint density at radius 1 is 0.805 bits per heavy atom. The number of nitriles is 1. The van der Waals surface area contributed by atoms with E-state index in [1.807, 2.05) is 113 Å². The first-order chi connectivity index (χ1) is 37.3. The van der Waals surface area contributed by atoms with E-state index in [-0.39, 0.29) is 69.5 Å². The number of carbonyl (C=O) groups excluding carboxylic acids is 3. The van der Waals surface area contributed by atoms with Crippen LogP contribution in [0, 0.1) is 11.3 Å². The van der Waals surface area contributed by atoms with Gasteiger partial charge in [0.15, 0.2) is 23.2 Å². The monoisotopic (exact) mass is 1080 g/mol. The average molecular weight is 1080 g/mol. The van der Waals surface area contributed by atoms with E-state index in [9.17, 15) is 19.6 Å². The van der Waals surface area contributed by atoms with Crippen LogP contribution in [0.2, 0.25) is 0 Å². The predicted octanol–water partition coefficient (Wildman–Crippen LogP) is 8.91. The van der Waals surface area contributed by atoms with Crippen molar-refractivity contribution in [2.75, 3.05) is 52.8 Å². The number of esters is 2. The highest BCUT2D eigenvalue weighted by molar-refractivity contribution is 7.44. The number of nitrogens with zero attached hydrogens (tertiary/aromatic N) is 6. The molecule has 3 unspecified atom stereocenters. The number of aromatic nitrogens is 4. The summed E-state index contributed by atoms with van der Waals surface area (Å²) in [6.07, 6.45) is -1.72. The fourth-order valence-corrected chi connectivity index (χ4v) is 10.7. The van der Waals surface area contributed by atoms with Gasteiger partial charge in [-0.25, -0.2) is 19.6 Å². The zero-order chi connectivity index (χ0) is 54.9. The molecular formula is C56H66N7O13P. The lowest BCUT2D eigenvalue weighted by molar-refractivity contribution is -0.160.